The van der Waals surface area contributed by atoms with Crippen LogP contribution in [0.3, 0.4) is 0 Å². The Labute approximate surface area is 146 Å². The summed E-state index contributed by atoms with van der Waals surface area (Å²) in [7, 11) is 2.15. The molecule has 1 aliphatic carbocycles. The third-order valence-corrected chi connectivity index (χ3v) is 5.88. The van der Waals surface area contributed by atoms with Crippen LogP contribution in [-0.4, -0.2) is 30.4 Å². The summed E-state index contributed by atoms with van der Waals surface area (Å²) < 4.78 is 0. The van der Waals surface area contributed by atoms with E-state index in [1.807, 2.05) is 0 Å². The van der Waals surface area contributed by atoms with Crippen LogP contribution >= 0.6 is 0 Å². The van der Waals surface area contributed by atoms with Crippen molar-refractivity contribution in [2.24, 2.45) is 5.92 Å². The number of hydrogen-bond acceptors (Lipinski definition) is 2. The Morgan fingerprint density at radius 2 is 2.04 bits per heavy atom. The van der Waals surface area contributed by atoms with Crippen molar-refractivity contribution >= 4 is 5.91 Å². The third kappa shape index (κ3) is 3.72. The van der Waals surface area contributed by atoms with Crippen molar-refractivity contribution in [1.82, 2.24) is 10.2 Å². The number of likely N-dealkylation sites (N-methyl/N-ethyl adjacent to an activating group) is 1. The fraction of sp³-hybridized carbons (Fsp3) is 0.571. The van der Waals surface area contributed by atoms with Crippen molar-refractivity contribution < 1.29 is 4.79 Å². The lowest BCUT2D eigenvalue weighted by Gasteiger charge is -2.35. The number of nitrogens with one attached hydrogen (secondary N) is 1. The van der Waals surface area contributed by atoms with Gasteiger partial charge in [-0.05, 0) is 55.8 Å². The molecule has 0 bridgehead atoms. The highest BCUT2D eigenvalue weighted by Crippen LogP contribution is 2.29. The summed E-state index contributed by atoms with van der Waals surface area (Å²) in [4.78, 5) is 14.8. The Hall–Kier alpha value is -1.61. The highest BCUT2D eigenvalue weighted by atomic mass is 16.1. The molecule has 1 fully saturated rings. The minimum Gasteiger partial charge on any atom is -0.351 e. The van der Waals surface area contributed by atoms with Crippen LogP contribution in [0.4, 0.5) is 0 Å². The first-order chi connectivity index (χ1) is 11.6. The van der Waals surface area contributed by atoms with Crippen LogP contribution < -0.4 is 5.32 Å². The largest absolute Gasteiger partial charge is 0.351 e. The normalized spacial score (nSPS) is 22.0. The van der Waals surface area contributed by atoms with Gasteiger partial charge in [-0.25, -0.2) is 0 Å². The Kier molecular flexibility index (Phi) is 5.40. The van der Waals surface area contributed by atoms with Crippen LogP contribution in [0.25, 0.3) is 0 Å². The van der Waals surface area contributed by atoms with E-state index in [-0.39, 0.29) is 5.91 Å². The van der Waals surface area contributed by atoms with E-state index < -0.39 is 0 Å². The SMILES string of the molecule is C=C(C(=O)NCC1Cc2c(C)cccc2CN1C)C1CCCCC1. The first-order valence-corrected chi connectivity index (χ1v) is 9.31. The van der Waals surface area contributed by atoms with E-state index >= 15 is 0 Å². The molecule has 130 valence electrons. The minimum atomic E-state index is 0.0610. The molecule has 1 saturated carbocycles. The van der Waals surface area contributed by atoms with Gasteiger partial charge >= 0.3 is 0 Å². The van der Waals surface area contributed by atoms with Crippen molar-refractivity contribution in [3.8, 4) is 0 Å². The minimum absolute atomic E-state index is 0.0610. The first-order valence-electron chi connectivity index (χ1n) is 9.31. The predicted octanol–water partition coefficient (Wildman–Crippen LogP) is 3.60. The van der Waals surface area contributed by atoms with Gasteiger partial charge in [0.15, 0.2) is 0 Å². The van der Waals surface area contributed by atoms with Crippen LogP contribution in [0.5, 0.6) is 0 Å². The fourth-order valence-corrected chi connectivity index (χ4v) is 4.18. The van der Waals surface area contributed by atoms with Gasteiger partial charge < -0.3 is 5.32 Å². The van der Waals surface area contributed by atoms with Gasteiger partial charge in [-0.1, -0.05) is 44.0 Å². The van der Waals surface area contributed by atoms with Crippen LogP contribution in [0.2, 0.25) is 0 Å². The molecule has 0 radical (unpaired) electrons. The number of aryl methyl sites for hydroxylation is 1. The van der Waals surface area contributed by atoms with E-state index in [1.54, 1.807) is 0 Å². The second kappa shape index (κ2) is 7.52. The highest BCUT2D eigenvalue weighted by Gasteiger charge is 2.26. The number of rotatable bonds is 4. The molecule has 1 heterocycles. The number of carbonyl (C=O) groups is 1. The van der Waals surface area contributed by atoms with E-state index in [4.69, 9.17) is 0 Å². The fourth-order valence-electron chi connectivity index (χ4n) is 4.18. The first kappa shape index (κ1) is 17.2. The standard InChI is InChI=1S/C21H30N2O/c1-15-8-7-11-18-14-23(3)19(12-20(15)18)13-22-21(24)16(2)17-9-5-4-6-10-17/h7-8,11,17,19H,2,4-6,9-10,12-14H2,1,3H3,(H,22,24). The number of fused-ring (bicyclic) bond motifs is 1. The Morgan fingerprint density at radius 1 is 1.29 bits per heavy atom. The lowest BCUT2D eigenvalue weighted by molar-refractivity contribution is -0.118. The molecule has 1 aromatic carbocycles. The van der Waals surface area contributed by atoms with Crippen molar-refractivity contribution in [2.45, 2.75) is 58.0 Å². The zero-order valence-corrected chi connectivity index (χ0v) is 15.1. The van der Waals surface area contributed by atoms with Gasteiger partial charge in [-0.2, -0.15) is 0 Å². The van der Waals surface area contributed by atoms with Gasteiger partial charge in [0.25, 0.3) is 0 Å². The van der Waals surface area contributed by atoms with Gasteiger partial charge in [0.05, 0.1) is 0 Å². The van der Waals surface area contributed by atoms with E-state index in [0.29, 0.717) is 18.5 Å². The van der Waals surface area contributed by atoms with E-state index in [9.17, 15) is 4.79 Å². The summed E-state index contributed by atoms with van der Waals surface area (Å²) in [5.41, 5.74) is 5.04. The highest BCUT2D eigenvalue weighted by molar-refractivity contribution is 5.93. The van der Waals surface area contributed by atoms with Crippen molar-refractivity contribution in [1.29, 1.82) is 0 Å². The summed E-state index contributed by atoms with van der Waals surface area (Å²) in [5, 5.41) is 3.15. The van der Waals surface area contributed by atoms with Crippen molar-refractivity contribution in [3.63, 3.8) is 0 Å². The molecule has 0 saturated heterocycles. The van der Waals surface area contributed by atoms with Crippen LogP contribution in [0.15, 0.2) is 30.4 Å². The molecule has 0 aromatic heterocycles. The third-order valence-electron chi connectivity index (χ3n) is 5.88. The molecule has 1 amide bonds. The average Bonchev–Trinajstić information content (AvgIpc) is 2.60. The summed E-state index contributed by atoms with van der Waals surface area (Å²) >= 11 is 0. The second-order valence-electron chi connectivity index (χ2n) is 7.56. The second-order valence-corrected chi connectivity index (χ2v) is 7.56. The molecule has 0 spiro atoms. The van der Waals surface area contributed by atoms with Gasteiger partial charge in [0.2, 0.25) is 5.91 Å². The number of hydrogen-bond donors (Lipinski definition) is 1. The molecule has 3 rings (SSSR count). The van der Waals surface area contributed by atoms with Crippen molar-refractivity contribution in [3.05, 3.63) is 47.0 Å². The van der Waals surface area contributed by atoms with Crippen LogP contribution in [0, 0.1) is 12.8 Å². The summed E-state index contributed by atoms with van der Waals surface area (Å²) in [6, 6.07) is 6.91. The summed E-state index contributed by atoms with van der Waals surface area (Å²) in [6.45, 7) is 7.93. The smallest absolute Gasteiger partial charge is 0.246 e. The molecule has 1 aliphatic heterocycles. The van der Waals surface area contributed by atoms with Gasteiger partial charge in [0.1, 0.15) is 0 Å². The van der Waals surface area contributed by atoms with Gasteiger partial charge in [-0.15, -0.1) is 0 Å². The van der Waals surface area contributed by atoms with Gasteiger partial charge in [-0.3, -0.25) is 9.69 Å². The summed E-state index contributed by atoms with van der Waals surface area (Å²) in [5.74, 6) is 0.455. The van der Waals surface area contributed by atoms with Gasteiger partial charge in [0, 0.05) is 24.7 Å². The Bertz CT molecular complexity index is 616. The van der Waals surface area contributed by atoms with E-state index in [2.05, 4.69) is 49.0 Å². The topological polar surface area (TPSA) is 32.3 Å². The van der Waals surface area contributed by atoms with Crippen LogP contribution in [0.1, 0.15) is 48.8 Å². The number of nitrogens with zero attached hydrogens (tertiary/aromatic N) is 1. The molecular formula is C21H30N2O. The number of amides is 1. The molecule has 1 N–H and O–H groups in total. The molecular weight excluding hydrogens is 296 g/mol. The average molecular weight is 326 g/mol. The Morgan fingerprint density at radius 3 is 2.79 bits per heavy atom. The maximum atomic E-state index is 12.5. The quantitative estimate of drug-likeness (QED) is 0.857. The zero-order chi connectivity index (χ0) is 17.1. The number of benzene rings is 1. The number of carbonyl (C=O) groups excluding carboxylic acids is 1. The molecule has 3 nitrogen and oxygen atoms in total. The molecule has 1 atom stereocenters. The molecule has 24 heavy (non-hydrogen) atoms. The molecule has 2 aliphatic rings. The molecule has 3 heteroatoms. The zero-order valence-electron chi connectivity index (χ0n) is 15.1. The molecule has 1 aromatic rings. The van der Waals surface area contributed by atoms with E-state index in [0.717, 1.165) is 31.4 Å². The van der Waals surface area contributed by atoms with Crippen molar-refractivity contribution in [2.75, 3.05) is 13.6 Å². The monoisotopic (exact) mass is 326 g/mol. The summed E-state index contributed by atoms with van der Waals surface area (Å²) in [6.07, 6.45) is 7.03. The Balaban J connectivity index is 1.57. The maximum absolute atomic E-state index is 12.5. The lowest BCUT2D eigenvalue weighted by Crippen LogP contribution is -2.46. The van der Waals surface area contributed by atoms with Crippen LogP contribution in [-0.2, 0) is 17.8 Å². The predicted molar refractivity (Wildman–Crippen MR) is 98.9 cm³/mol. The maximum Gasteiger partial charge on any atom is 0.246 e. The molecule has 1 unspecified atom stereocenters. The van der Waals surface area contributed by atoms with E-state index in [1.165, 1.54) is 36.0 Å². The lowest BCUT2D eigenvalue weighted by atomic mass is 9.84.